The Labute approximate surface area is 118 Å². The average Bonchev–Trinajstić information content (AvgIpc) is 2.75. The molecule has 1 heterocycles. The number of Topliss-reactive ketones (excluding diaryl/α,β-unsaturated/α-hetero) is 1. The number of thiophene rings is 1. The highest BCUT2D eigenvalue weighted by Crippen LogP contribution is 2.26. The maximum absolute atomic E-state index is 12.0. The summed E-state index contributed by atoms with van der Waals surface area (Å²) in [5, 5.41) is 9.92. The van der Waals surface area contributed by atoms with Gasteiger partial charge in [-0.05, 0) is 19.2 Å². The van der Waals surface area contributed by atoms with Gasteiger partial charge in [0.1, 0.15) is 0 Å². The van der Waals surface area contributed by atoms with Gasteiger partial charge < -0.3 is 10.4 Å². The number of carbonyl (C=O) groups is 2. The van der Waals surface area contributed by atoms with Gasteiger partial charge in [-0.3, -0.25) is 4.79 Å². The van der Waals surface area contributed by atoms with E-state index in [0.717, 1.165) is 11.3 Å². The fourth-order valence-corrected chi connectivity index (χ4v) is 1.89. The Morgan fingerprint density at radius 2 is 1.62 bits per heavy atom. The van der Waals surface area contributed by atoms with E-state index in [2.05, 4.69) is 5.32 Å². The highest BCUT2D eigenvalue weighted by atomic mass is 32.1. The Balaban J connectivity index is 0.000000486. The molecule has 120 valence electrons. The topological polar surface area (TPSA) is 66.4 Å². The predicted molar refractivity (Wildman–Crippen MR) is 61.2 cm³/mol. The number of aliphatic carboxylic acids is 1. The number of ketones is 1. The summed E-state index contributed by atoms with van der Waals surface area (Å²) in [4.78, 5) is 20.1. The first-order chi connectivity index (χ1) is 9.39. The van der Waals surface area contributed by atoms with Crippen molar-refractivity contribution in [2.75, 3.05) is 7.05 Å². The lowest BCUT2D eigenvalue weighted by Gasteiger charge is -2.01. The van der Waals surface area contributed by atoms with Crippen molar-refractivity contribution >= 4 is 23.1 Å². The van der Waals surface area contributed by atoms with E-state index in [1.807, 2.05) is 0 Å². The molecule has 0 unspecified atom stereocenters. The molecule has 1 rings (SSSR count). The summed E-state index contributed by atoms with van der Waals surface area (Å²) in [6.07, 6.45) is -9.86. The number of carbonyl (C=O) groups excluding carboxylic acids is 1. The summed E-state index contributed by atoms with van der Waals surface area (Å²) in [6.45, 7) is 0.468. The van der Waals surface area contributed by atoms with Crippen LogP contribution in [0.25, 0.3) is 0 Å². The molecule has 1 aromatic rings. The Bertz CT molecular complexity index is 494. The number of carboxylic acid groups (broad SMARTS) is 1. The molecule has 21 heavy (non-hydrogen) atoms. The zero-order valence-corrected chi connectivity index (χ0v) is 11.1. The molecule has 0 saturated carbocycles. The summed E-state index contributed by atoms with van der Waals surface area (Å²) in [5.74, 6) is -4.53. The Kier molecular flexibility index (Phi) is 6.83. The number of carboxylic acids is 1. The van der Waals surface area contributed by atoms with E-state index in [1.54, 1.807) is 7.05 Å². The maximum Gasteiger partial charge on any atom is 0.490 e. The number of hydrogen-bond donors (Lipinski definition) is 2. The SMILES string of the molecule is CNCc1ccc(C(=O)C(F)(F)F)s1.O=C(O)C(F)(F)F. The first-order valence-electron chi connectivity index (χ1n) is 5.04. The zero-order chi connectivity index (χ0) is 16.8. The Hall–Kier alpha value is -1.62. The molecule has 1 aromatic heterocycles. The van der Waals surface area contributed by atoms with Gasteiger partial charge in [0.05, 0.1) is 4.88 Å². The van der Waals surface area contributed by atoms with Gasteiger partial charge in [-0.15, -0.1) is 11.3 Å². The van der Waals surface area contributed by atoms with Crippen LogP contribution in [0.2, 0.25) is 0 Å². The lowest BCUT2D eigenvalue weighted by Crippen LogP contribution is -2.21. The molecule has 4 nitrogen and oxygen atoms in total. The molecule has 0 atom stereocenters. The van der Waals surface area contributed by atoms with Crippen LogP contribution < -0.4 is 5.32 Å². The second-order valence-corrected chi connectivity index (χ2v) is 4.59. The van der Waals surface area contributed by atoms with Crippen molar-refractivity contribution in [3.05, 3.63) is 21.9 Å². The third-order valence-electron chi connectivity index (χ3n) is 1.74. The van der Waals surface area contributed by atoms with Gasteiger partial charge in [-0.1, -0.05) is 0 Å². The van der Waals surface area contributed by atoms with Crippen molar-refractivity contribution < 1.29 is 41.0 Å². The van der Waals surface area contributed by atoms with Crippen LogP contribution in [0.4, 0.5) is 26.3 Å². The standard InChI is InChI=1S/C8H8F3NOS.C2HF3O2/c1-12-4-5-2-3-6(14-5)7(13)8(9,10)11;3-2(4,5)1(6)7/h2-3,12H,4H2,1H3;(H,6,7). The molecular weight excluding hydrogens is 328 g/mol. The van der Waals surface area contributed by atoms with Gasteiger partial charge in [-0.25, -0.2) is 4.79 Å². The molecule has 0 bridgehead atoms. The van der Waals surface area contributed by atoms with Crippen molar-refractivity contribution in [1.82, 2.24) is 5.32 Å². The summed E-state index contributed by atoms with van der Waals surface area (Å²) in [6, 6.07) is 2.72. The summed E-state index contributed by atoms with van der Waals surface area (Å²) in [7, 11) is 1.69. The Morgan fingerprint density at radius 3 is 1.95 bits per heavy atom. The maximum atomic E-state index is 12.0. The molecule has 0 spiro atoms. The van der Waals surface area contributed by atoms with Crippen molar-refractivity contribution in [3.63, 3.8) is 0 Å². The first kappa shape index (κ1) is 19.4. The van der Waals surface area contributed by atoms with E-state index in [4.69, 9.17) is 9.90 Å². The molecular formula is C10H9F6NO3S. The average molecular weight is 337 g/mol. The molecule has 0 amide bonds. The van der Waals surface area contributed by atoms with Gasteiger partial charge in [0.2, 0.25) is 0 Å². The van der Waals surface area contributed by atoms with E-state index in [9.17, 15) is 31.1 Å². The molecule has 0 radical (unpaired) electrons. The lowest BCUT2D eigenvalue weighted by atomic mass is 10.3. The van der Waals surface area contributed by atoms with Crippen LogP contribution in [0.5, 0.6) is 0 Å². The van der Waals surface area contributed by atoms with Crippen LogP contribution in [0, 0.1) is 0 Å². The summed E-state index contributed by atoms with van der Waals surface area (Å²) in [5.41, 5.74) is 0. The normalized spacial score (nSPS) is 11.6. The van der Waals surface area contributed by atoms with Gasteiger partial charge in [0, 0.05) is 11.4 Å². The molecule has 0 aromatic carbocycles. The van der Waals surface area contributed by atoms with E-state index in [1.165, 1.54) is 12.1 Å². The number of rotatable bonds is 3. The van der Waals surface area contributed by atoms with E-state index in [0.29, 0.717) is 11.4 Å². The van der Waals surface area contributed by atoms with Gasteiger partial charge in [0.15, 0.2) is 0 Å². The highest BCUT2D eigenvalue weighted by Gasteiger charge is 2.40. The van der Waals surface area contributed by atoms with Gasteiger partial charge >= 0.3 is 18.3 Å². The molecule has 0 fully saturated rings. The van der Waals surface area contributed by atoms with E-state index < -0.39 is 24.1 Å². The molecule has 0 aliphatic heterocycles. The predicted octanol–water partition coefficient (Wildman–Crippen LogP) is 2.85. The van der Waals surface area contributed by atoms with Gasteiger partial charge in [-0.2, -0.15) is 26.3 Å². The minimum Gasteiger partial charge on any atom is -0.475 e. The highest BCUT2D eigenvalue weighted by molar-refractivity contribution is 7.14. The second-order valence-electron chi connectivity index (χ2n) is 3.43. The molecule has 2 N–H and O–H groups in total. The third-order valence-corrected chi connectivity index (χ3v) is 2.82. The van der Waals surface area contributed by atoms with Crippen LogP contribution in [0.1, 0.15) is 14.5 Å². The fourth-order valence-electron chi connectivity index (χ4n) is 0.909. The largest absolute Gasteiger partial charge is 0.490 e. The second kappa shape index (κ2) is 7.41. The van der Waals surface area contributed by atoms with Crippen LogP contribution in [-0.2, 0) is 11.3 Å². The van der Waals surface area contributed by atoms with Crippen LogP contribution in [0.15, 0.2) is 12.1 Å². The van der Waals surface area contributed by atoms with Crippen LogP contribution in [0.3, 0.4) is 0 Å². The van der Waals surface area contributed by atoms with Crippen LogP contribution >= 0.6 is 11.3 Å². The van der Waals surface area contributed by atoms with Crippen molar-refractivity contribution in [2.24, 2.45) is 0 Å². The minimum absolute atomic E-state index is 0.261. The number of alkyl halides is 6. The van der Waals surface area contributed by atoms with E-state index in [-0.39, 0.29) is 4.88 Å². The number of halogens is 6. The lowest BCUT2D eigenvalue weighted by molar-refractivity contribution is -0.192. The molecule has 0 aliphatic rings. The third kappa shape index (κ3) is 7.09. The quantitative estimate of drug-likeness (QED) is 0.657. The van der Waals surface area contributed by atoms with Crippen LogP contribution in [-0.4, -0.2) is 36.3 Å². The number of hydrogen-bond acceptors (Lipinski definition) is 4. The summed E-state index contributed by atoms with van der Waals surface area (Å²) < 4.78 is 67.7. The smallest absolute Gasteiger partial charge is 0.475 e. The molecule has 0 aliphatic carbocycles. The zero-order valence-electron chi connectivity index (χ0n) is 10.3. The minimum atomic E-state index is -5.08. The number of nitrogens with one attached hydrogen (secondary N) is 1. The van der Waals surface area contributed by atoms with Crippen molar-refractivity contribution in [3.8, 4) is 0 Å². The molecule has 0 saturated heterocycles. The van der Waals surface area contributed by atoms with E-state index >= 15 is 0 Å². The van der Waals surface area contributed by atoms with Gasteiger partial charge in [0.25, 0.3) is 5.78 Å². The fraction of sp³-hybridized carbons (Fsp3) is 0.400. The first-order valence-corrected chi connectivity index (χ1v) is 5.86. The van der Waals surface area contributed by atoms with Crippen molar-refractivity contribution in [2.45, 2.75) is 18.9 Å². The monoisotopic (exact) mass is 337 g/mol. The molecule has 11 heteroatoms. The summed E-state index contributed by atoms with van der Waals surface area (Å²) >= 11 is 0.860. The Morgan fingerprint density at radius 1 is 1.14 bits per heavy atom. The van der Waals surface area contributed by atoms with Crippen molar-refractivity contribution in [1.29, 1.82) is 0 Å².